The lowest BCUT2D eigenvalue weighted by Crippen LogP contribution is -2.42. The molecule has 2 nitrogen and oxygen atoms in total. The van der Waals surface area contributed by atoms with Crippen LogP contribution in [0.1, 0.15) is 19.8 Å². The minimum atomic E-state index is 0.552. The van der Waals surface area contributed by atoms with Gasteiger partial charge >= 0.3 is 0 Å². The van der Waals surface area contributed by atoms with E-state index in [2.05, 4.69) is 29.3 Å². The van der Waals surface area contributed by atoms with Gasteiger partial charge in [-0.2, -0.15) is 0 Å². The molecule has 1 aliphatic heterocycles. The van der Waals surface area contributed by atoms with Crippen LogP contribution in [0.5, 0.6) is 0 Å². The van der Waals surface area contributed by atoms with Gasteiger partial charge in [-0.3, -0.25) is 0 Å². The molecular formula is C13H19ClN2. The Labute approximate surface area is 103 Å². The molecule has 88 valence electrons. The Bertz CT molecular complexity index is 323. The zero-order valence-corrected chi connectivity index (χ0v) is 10.5. The van der Waals surface area contributed by atoms with Gasteiger partial charge in [0, 0.05) is 29.8 Å². The molecule has 3 heteroatoms. The summed E-state index contributed by atoms with van der Waals surface area (Å²) in [7, 11) is 0. The third kappa shape index (κ3) is 3.13. The molecule has 1 unspecified atom stereocenters. The molecule has 0 aliphatic carbocycles. The van der Waals surface area contributed by atoms with Gasteiger partial charge in [-0.15, -0.1) is 0 Å². The normalized spacial score (nSPS) is 22.6. The highest BCUT2D eigenvalue weighted by Crippen LogP contribution is 2.19. The van der Waals surface area contributed by atoms with Crippen LogP contribution < -0.4 is 10.2 Å². The fourth-order valence-corrected chi connectivity index (χ4v) is 2.27. The summed E-state index contributed by atoms with van der Waals surface area (Å²) in [6, 6.07) is 8.70. The smallest absolute Gasteiger partial charge is 0.0407 e. The average Bonchev–Trinajstić information content (AvgIpc) is 2.24. The van der Waals surface area contributed by atoms with E-state index in [0.717, 1.165) is 24.7 Å². The molecule has 1 aliphatic rings. The summed E-state index contributed by atoms with van der Waals surface area (Å²) in [6.07, 6.45) is 2.51. The molecule has 1 aromatic carbocycles. The van der Waals surface area contributed by atoms with Crippen LogP contribution in [-0.4, -0.2) is 25.7 Å². The van der Waals surface area contributed by atoms with Crippen LogP contribution in [-0.2, 0) is 0 Å². The minimum Gasteiger partial charge on any atom is -0.370 e. The molecule has 1 aromatic rings. The second kappa shape index (κ2) is 5.55. The highest BCUT2D eigenvalue weighted by Gasteiger charge is 2.13. The van der Waals surface area contributed by atoms with Crippen molar-refractivity contribution < 1.29 is 0 Å². The highest BCUT2D eigenvalue weighted by atomic mass is 35.5. The molecule has 1 heterocycles. The molecule has 1 saturated heterocycles. The van der Waals surface area contributed by atoms with E-state index in [1.54, 1.807) is 0 Å². The molecule has 1 fully saturated rings. The van der Waals surface area contributed by atoms with Crippen molar-refractivity contribution in [2.75, 3.05) is 24.5 Å². The standard InChI is InChI=1S/C13H19ClN2/c1-11-10-16(9-3-2-8-15-11)13-6-4-12(14)5-7-13/h4-7,11,15H,2-3,8-10H2,1H3. The number of halogens is 1. The Morgan fingerprint density at radius 3 is 2.75 bits per heavy atom. The first-order valence-electron chi connectivity index (χ1n) is 5.99. The first-order chi connectivity index (χ1) is 7.75. The number of nitrogens with zero attached hydrogens (tertiary/aromatic N) is 1. The zero-order valence-electron chi connectivity index (χ0n) is 9.75. The summed E-state index contributed by atoms with van der Waals surface area (Å²) in [6.45, 7) is 5.61. The molecule has 1 N–H and O–H groups in total. The van der Waals surface area contributed by atoms with Crippen molar-refractivity contribution >= 4 is 17.3 Å². The summed E-state index contributed by atoms with van der Waals surface area (Å²) in [5, 5.41) is 4.34. The number of rotatable bonds is 1. The van der Waals surface area contributed by atoms with Crippen LogP contribution in [0.4, 0.5) is 5.69 Å². The number of nitrogens with one attached hydrogen (secondary N) is 1. The van der Waals surface area contributed by atoms with Crippen molar-refractivity contribution in [1.82, 2.24) is 5.32 Å². The summed E-state index contributed by atoms with van der Waals surface area (Å²) in [5.74, 6) is 0. The maximum atomic E-state index is 5.91. The van der Waals surface area contributed by atoms with Crippen LogP contribution in [0.3, 0.4) is 0 Å². The van der Waals surface area contributed by atoms with E-state index in [4.69, 9.17) is 11.6 Å². The second-order valence-electron chi connectivity index (χ2n) is 4.48. The van der Waals surface area contributed by atoms with Crippen molar-refractivity contribution in [3.63, 3.8) is 0 Å². The fraction of sp³-hybridized carbons (Fsp3) is 0.538. The van der Waals surface area contributed by atoms with Gasteiger partial charge in [0.1, 0.15) is 0 Å². The maximum Gasteiger partial charge on any atom is 0.0407 e. The number of anilines is 1. The topological polar surface area (TPSA) is 15.3 Å². The Morgan fingerprint density at radius 1 is 1.25 bits per heavy atom. The monoisotopic (exact) mass is 238 g/mol. The minimum absolute atomic E-state index is 0.552. The van der Waals surface area contributed by atoms with Gasteiger partial charge in [0.2, 0.25) is 0 Å². The summed E-state index contributed by atoms with van der Waals surface area (Å²) in [5.41, 5.74) is 1.28. The third-order valence-corrected chi connectivity index (χ3v) is 3.29. The van der Waals surface area contributed by atoms with Gasteiger partial charge in [0.15, 0.2) is 0 Å². The predicted octanol–water partition coefficient (Wildman–Crippen LogP) is 2.92. The molecule has 0 amide bonds. The first-order valence-corrected chi connectivity index (χ1v) is 6.37. The lowest BCUT2D eigenvalue weighted by atomic mass is 10.1. The zero-order chi connectivity index (χ0) is 11.4. The predicted molar refractivity (Wildman–Crippen MR) is 70.4 cm³/mol. The quantitative estimate of drug-likeness (QED) is 0.810. The lowest BCUT2D eigenvalue weighted by Gasteiger charge is -2.30. The Kier molecular flexibility index (Phi) is 4.08. The fourth-order valence-electron chi connectivity index (χ4n) is 2.15. The summed E-state index contributed by atoms with van der Waals surface area (Å²) >= 11 is 5.91. The van der Waals surface area contributed by atoms with E-state index in [9.17, 15) is 0 Å². The molecule has 16 heavy (non-hydrogen) atoms. The summed E-state index contributed by atoms with van der Waals surface area (Å²) in [4.78, 5) is 2.44. The maximum absolute atomic E-state index is 5.91. The van der Waals surface area contributed by atoms with E-state index in [-0.39, 0.29) is 0 Å². The largest absolute Gasteiger partial charge is 0.370 e. The first kappa shape index (κ1) is 11.7. The Balaban J connectivity index is 2.08. The number of hydrogen-bond acceptors (Lipinski definition) is 2. The molecule has 1 atom stereocenters. The molecule has 0 saturated carbocycles. The van der Waals surface area contributed by atoms with Gasteiger partial charge < -0.3 is 10.2 Å². The third-order valence-electron chi connectivity index (χ3n) is 3.03. The van der Waals surface area contributed by atoms with E-state index in [1.807, 2.05) is 12.1 Å². The van der Waals surface area contributed by atoms with E-state index in [0.29, 0.717) is 6.04 Å². The molecule has 0 aromatic heterocycles. The van der Waals surface area contributed by atoms with Crippen LogP contribution >= 0.6 is 11.6 Å². The molecule has 2 rings (SSSR count). The summed E-state index contributed by atoms with van der Waals surface area (Å²) < 4.78 is 0. The molecular weight excluding hydrogens is 220 g/mol. The van der Waals surface area contributed by atoms with Crippen LogP contribution in [0.2, 0.25) is 5.02 Å². The van der Waals surface area contributed by atoms with Crippen LogP contribution in [0, 0.1) is 0 Å². The number of hydrogen-bond donors (Lipinski definition) is 1. The van der Waals surface area contributed by atoms with Gasteiger partial charge in [-0.1, -0.05) is 11.6 Å². The van der Waals surface area contributed by atoms with E-state index >= 15 is 0 Å². The van der Waals surface area contributed by atoms with Crippen molar-refractivity contribution in [1.29, 1.82) is 0 Å². The molecule has 0 spiro atoms. The van der Waals surface area contributed by atoms with Crippen molar-refractivity contribution in [2.24, 2.45) is 0 Å². The number of benzene rings is 1. The SMILES string of the molecule is CC1CN(c2ccc(Cl)cc2)CCCCN1. The van der Waals surface area contributed by atoms with Crippen molar-refractivity contribution in [3.05, 3.63) is 29.3 Å². The van der Waals surface area contributed by atoms with Gasteiger partial charge in [0.05, 0.1) is 0 Å². The molecule has 0 bridgehead atoms. The van der Waals surface area contributed by atoms with Crippen LogP contribution in [0.15, 0.2) is 24.3 Å². The van der Waals surface area contributed by atoms with Gasteiger partial charge in [-0.05, 0) is 50.6 Å². The van der Waals surface area contributed by atoms with E-state index in [1.165, 1.54) is 18.5 Å². The van der Waals surface area contributed by atoms with Crippen LogP contribution in [0.25, 0.3) is 0 Å². The lowest BCUT2D eigenvalue weighted by molar-refractivity contribution is 0.485. The van der Waals surface area contributed by atoms with Gasteiger partial charge in [-0.25, -0.2) is 0 Å². The Morgan fingerprint density at radius 2 is 2.00 bits per heavy atom. The highest BCUT2D eigenvalue weighted by molar-refractivity contribution is 6.30. The molecule has 0 radical (unpaired) electrons. The van der Waals surface area contributed by atoms with Crippen molar-refractivity contribution in [3.8, 4) is 0 Å². The van der Waals surface area contributed by atoms with Crippen molar-refractivity contribution in [2.45, 2.75) is 25.8 Å². The van der Waals surface area contributed by atoms with E-state index < -0.39 is 0 Å². The van der Waals surface area contributed by atoms with Gasteiger partial charge in [0.25, 0.3) is 0 Å². The average molecular weight is 239 g/mol. The Hall–Kier alpha value is -0.730. The second-order valence-corrected chi connectivity index (χ2v) is 4.92.